The van der Waals surface area contributed by atoms with Gasteiger partial charge in [-0.15, -0.1) is 0 Å². The van der Waals surface area contributed by atoms with Crippen LogP contribution in [0.25, 0.3) is 0 Å². The highest BCUT2D eigenvalue weighted by Gasteiger charge is 2.47. The Morgan fingerprint density at radius 1 is 1.21 bits per heavy atom. The number of halogens is 1. The summed E-state index contributed by atoms with van der Waals surface area (Å²) in [7, 11) is 4.32. The second-order valence-corrected chi connectivity index (χ2v) is 9.24. The number of pyridine rings is 1. The summed E-state index contributed by atoms with van der Waals surface area (Å²) in [4.78, 5) is 39.7. The summed E-state index contributed by atoms with van der Waals surface area (Å²) in [6, 6.07) is 2.75. The zero-order chi connectivity index (χ0) is 24.5. The molecule has 3 aliphatic rings. The lowest BCUT2D eigenvalue weighted by atomic mass is 9.72. The van der Waals surface area contributed by atoms with E-state index in [-0.39, 0.29) is 18.5 Å². The highest BCUT2D eigenvalue weighted by molar-refractivity contribution is 6.33. The van der Waals surface area contributed by atoms with E-state index in [0.29, 0.717) is 28.9 Å². The van der Waals surface area contributed by atoms with Crippen molar-refractivity contribution in [3.8, 4) is 0 Å². The number of nitrogens with zero attached hydrogens (tertiary/aromatic N) is 4. The van der Waals surface area contributed by atoms with Gasteiger partial charge in [0.2, 0.25) is 0 Å². The number of aromatic carboxylic acids is 1. The van der Waals surface area contributed by atoms with Crippen molar-refractivity contribution in [3.63, 3.8) is 0 Å². The molecule has 3 fully saturated rings. The molecule has 33 heavy (non-hydrogen) atoms. The predicted octanol–water partition coefficient (Wildman–Crippen LogP) is 2.08. The number of aromatic nitrogens is 1. The van der Waals surface area contributed by atoms with Gasteiger partial charge in [-0.1, -0.05) is 18.0 Å². The summed E-state index contributed by atoms with van der Waals surface area (Å²) in [5.74, 6) is 0.983. The van der Waals surface area contributed by atoms with Gasteiger partial charge in [0, 0.05) is 37.9 Å². The summed E-state index contributed by atoms with van der Waals surface area (Å²) in [5, 5.41) is 23.4. The standard InChI is InChI=1S/C20H29ClN4O2.2CH2O2/c1-23(2)12-18-15-7-14(17-5-3-4-6-25(17)18)10-24(11-15)19-16(21)8-13(9-22-19)20(26)27;2*2-1-3/h8-9,14-15,17-18H,3-7,10-12H2,1-2H3,(H,26,27);2*1H,(H,2,3)/t14-,15+,17+,18+;;/m1../s1. The van der Waals surface area contributed by atoms with Crippen LogP contribution in [0.4, 0.5) is 5.82 Å². The fourth-order valence-electron chi connectivity index (χ4n) is 5.49. The van der Waals surface area contributed by atoms with Gasteiger partial charge in [-0.2, -0.15) is 0 Å². The van der Waals surface area contributed by atoms with Crippen molar-refractivity contribution in [2.24, 2.45) is 11.8 Å². The van der Waals surface area contributed by atoms with Crippen LogP contribution in [0.2, 0.25) is 5.02 Å². The number of rotatable bonds is 4. The molecule has 4 atom stereocenters. The number of fused-ring (bicyclic) bond motifs is 4. The third kappa shape index (κ3) is 6.78. The first-order valence-corrected chi connectivity index (χ1v) is 11.3. The molecule has 11 heteroatoms. The Hall–Kier alpha value is -2.43. The minimum Gasteiger partial charge on any atom is -0.483 e. The second-order valence-electron chi connectivity index (χ2n) is 8.84. The molecule has 3 aliphatic heterocycles. The summed E-state index contributed by atoms with van der Waals surface area (Å²) < 4.78 is 0. The molecule has 4 heterocycles. The number of carboxylic acids is 1. The van der Waals surface area contributed by atoms with Gasteiger partial charge in [0.25, 0.3) is 12.9 Å². The lowest BCUT2D eigenvalue weighted by molar-refractivity contribution is -0.123. The maximum absolute atomic E-state index is 11.2. The molecule has 3 N–H and O–H groups in total. The molecule has 2 bridgehead atoms. The van der Waals surface area contributed by atoms with E-state index in [9.17, 15) is 4.79 Å². The zero-order valence-electron chi connectivity index (χ0n) is 19.0. The average Bonchev–Trinajstić information content (AvgIpc) is 2.77. The lowest BCUT2D eigenvalue weighted by Crippen LogP contribution is -2.65. The van der Waals surface area contributed by atoms with Crippen LogP contribution in [0.1, 0.15) is 36.0 Å². The van der Waals surface area contributed by atoms with Gasteiger partial charge >= 0.3 is 5.97 Å². The molecular formula is C22H33ClN4O6. The van der Waals surface area contributed by atoms with E-state index < -0.39 is 5.97 Å². The molecule has 4 rings (SSSR count). The monoisotopic (exact) mass is 484 g/mol. The SMILES string of the molecule is CN(C)C[C@H]1[C@H]2C[C@H](CN(c3ncc(C(=O)O)cc3Cl)C2)[C@@H]2CCCCN21.O=CO.O=CO. The molecule has 1 aromatic heterocycles. The predicted molar refractivity (Wildman–Crippen MR) is 124 cm³/mol. The van der Waals surface area contributed by atoms with E-state index in [2.05, 4.69) is 33.8 Å². The van der Waals surface area contributed by atoms with Crippen LogP contribution >= 0.6 is 11.6 Å². The van der Waals surface area contributed by atoms with E-state index in [1.54, 1.807) is 0 Å². The molecule has 0 spiro atoms. The number of piperidine rings is 3. The summed E-state index contributed by atoms with van der Waals surface area (Å²) in [5.41, 5.74) is 0.143. The lowest BCUT2D eigenvalue weighted by Gasteiger charge is -2.57. The van der Waals surface area contributed by atoms with Crippen molar-refractivity contribution in [2.45, 2.75) is 37.8 Å². The van der Waals surface area contributed by atoms with Crippen molar-refractivity contribution in [1.29, 1.82) is 0 Å². The van der Waals surface area contributed by atoms with Gasteiger partial charge in [0.05, 0.1) is 10.6 Å². The average molecular weight is 485 g/mol. The van der Waals surface area contributed by atoms with E-state index in [1.807, 2.05) is 0 Å². The topological polar surface area (TPSA) is 135 Å². The molecule has 3 saturated heterocycles. The first-order valence-electron chi connectivity index (χ1n) is 11.0. The minimum absolute atomic E-state index is 0.143. The molecule has 0 unspecified atom stereocenters. The van der Waals surface area contributed by atoms with Crippen LogP contribution in [0.3, 0.4) is 0 Å². The van der Waals surface area contributed by atoms with Gasteiger partial charge in [-0.3, -0.25) is 14.5 Å². The number of hydrogen-bond acceptors (Lipinski definition) is 7. The van der Waals surface area contributed by atoms with Crippen LogP contribution in [-0.4, -0.2) is 101 Å². The Bertz CT molecular complexity index is 805. The first-order chi connectivity index (χ1) is 15.8. The van der Waals surface area contributed by atoms with Crippen LogP contribution in [-0.2, 0) is 9.59 Å². The minimum atomic E-state index is -0.990. The summed E-state index contributed by atoms with van der Waals surface area (Å²) in [6.07, 6.45) is 6.63. The molecule has 0 aliphatic carbocycles. The Morgan fingerprint density at radius 3 is 2.42 bits per heavy atom. The largest absolute Gasteiger partial charge is 0.483 e. The van der Waals surface area contributed by atoms with Crippen LogP contribution in [0.5, 0.6) is 0 Å². The first kappa shape index (κ1) is 26.8. The van der Waals surface area contributed by atoms with Crippen LogP contribution in [0.15, 0.2) is 12.3 Å². The van der Waals surface area contributed by atoms with Crippen molar-refractivity contribution in [3.05, 3.63) is 22.8 Å². The summed E-state index contributed by atoms with van der Waals surface area (Å²) >= 11 is 6.44. The van der Waals surface area contributed by atoms with Crippen molar-refractivity contribution < 1.29 is 29.7 Å². The molecule has 0 radical (unpaired) electrons. The third-order valence-electron chi connectivity index (χ3n) is 6.54. The molecule has 10 nitrogen and oxygen atoms in total. The highest BCUT2D eigenvalue weighted by atomic mass is 35.5. The quantitative estimate of drug-likeness (QED) is 0.545. The molecule has 0 amide bonds. The number of carboxylic acid groups (broad SMARTS) is 3. The zero-order valence-corrected chi connectivity index (χ0v) is 19.8. The molecule has 0 saturated carbocycles. The number of carbonyl (C=O) groups is 3. The normalized spacial score (nSPS) is 26.1. The third-order valence-corrected chi connectivity index (χ3v) is 6.82. The maximum Gasteiger partial charge on any atom is 0.337 e. The Labute approximate surface area is 198 Å². The fraction of sp³-hybridized carbons (Fsp3) is 0.636. The second kappa shape index (κ2) is 12.7. The van der Waals surface area contributed by atoms with Gasteiger partial charge in [0.15, 0.2) is 0 Å². The van der Waals surface area contributed by atoms with Gasteiger partial charge < -0.3 is 25.1 Å². The maximum atomic E-state index is 11.2. The van der Waals surface area contributed by atoms with Gasteiger partial charge in [0.1, 0.15) is 5.82 Å². The van der Waals surface area contributed by atoms with Gasteiger partial charge in [-0.25, -0.2) is 9.78 Å². The van der Waals surface area contributed by atoms with E-state index in [4.69, 9.17) is 36.5 Å². The molecule has 1 aromatic rings. The van der Waals surface area contributed by atoms with Crippen molar-refractivity contribution in [1.82, 2.24) is 14.8 Å². The highest BCUT2D eigenvalue weighted by Crippen LogP contribution is 2.43. The smallest absolute Gasteiger partial charge is 0.337 e. The number of hydrogen-bond donors (Lipinski definition) is 3. The Morgan fingerprint density at radius 2 is 1.85 bits per heavy atom. The van der Waals surface area contributed by atoms with Gasteiger partial charge in [-0.05, 0) is 57.8 Å². The van der Waals surface area contributed by atoms with E-state index in [0.717, 1.165) is 25.5 Å². The number of likely N-dealkylation sites (N-methyl/N-ethyl adjacent to an activating group) is 1. The van der Waals surface area contributed by atoms with Crippen molar-refractivity contribution in [2.75, 3.05) is 45.2 Å². The fourth-order valence-corrected chi connectivity index (χ4v) is 5.77. The molecular weight excluding hydrogens is 452 g/mol. The Balaban J connectivity index is 0.000000582. The molecule has 184 valence electrons. The van der Waals surface area contributed by atoms with Crippen molar-refractivity contribution >= 4 is 36.3 Å². The van der Waals surface area contributed by atoms with E-state index >= 15 is 0 Å². The van der Waals surface area contributed by atoms with Crippen LogP contribution in [0, 0.1) is 11.8 Å². The molecule has 0 aromatic carbocycles. The number of anilines is 1. The summed E-state index contributed by atoms with van der Waals surface area (Å²) in [6.45, 7) is 3.71. The van der Waals surface area contributed by atoms with Crippen LogP contribution < -0.4 is 4.90 Å². The Kier molecular flexibility index (Phi) is 10.3. The van der Waals surface area contributed by atoms with E-state index in [1.165, 1.54) is 44.5 Å².